The molecule has 0 atom stereocenters. The first kappa shape index (κ1) is 21.3. The van der Waals surface area contributed by atoms with Gasteiger partial charge in [0.25, 0.3) is 0 Å². The molecule has 0 radical (unpaired) electrons. The number of hydrogen-bond acceptors (Lipinski definition) is 8. The van der Waals surface area contributed by atoms with Crippen LogP contribution in [-0.2, 0) is 24.8 Å². The Morgan fingerprint density at radius 2 is 1.32 bits per heavy atom. The summed E-state index contributed by atoms with van der Waals surface area (Å²) in [6, 6.07) is 10.6. The highest BCUT2D eigenvalue weighted by Crippen LogP contribution is 2.16. The van der Waals surface area contributed by atoms with E-state index in [4.69, 9.17) is 10.3 Å². The number of azo groups is 1. The normalized spacial score (nSPS) is 12.9. The monoisotopic (exact) mass is 424 g/mol. The minimum absolute atomic E-state index is 0.0727. The zero-order valence-electron chi connectivity index (χ0n) is 14.5. The zero-order valence-corrected chi connectivity index (χ0v) is 16.1. The van der Waals surface area contributed by atoms with Gasteiger partial charge in [0.2, 0.25) is 31.7 Å². The van der Waals surface area contributed by atoms with Gasteiger partial charge in [0.05, 0.1) is 21.2 Å². The molecule has 2 rings (SSSR count). The Morgan fingerprint density at radius 1 is 0.857 bits per heavy atom. The lowest BCUT2D eigenvalue weighted by atomic mass is 10.3. The highest BCUT2D eigenvalue weighted by Gasteiger charge is 2.09. The Morgan fingerprint density at radius 3 is 1.75 bits per heavy atom. The maximum absolute atomic E-state index is 11.6. The van der Waals surface area contributed by atoms with Gasteiger partial charge in [0.1, 0.15) is 0 Å². The zero-order chi connectivity index (χ0) is 20.9. The fourth-order valence-electron chi connectivity index (χ4n) is 1.82. The maximum atomic E-state index is 11.6. The molecule has 11 nitrogen and oxygen atoms in total. The first-order valence-corrected chi connectivity index (χ1v) is 10.6. The van der Waals surface area contributed by atoms with Crippen molar-refractivity contribution in [3.05, 3.63) is 48.5 Å². The van der Waals surface area contributed by atoms with Crippen molar-refractivity contribution < 1.29 is 21.6 Å². The van der Waals surface area contributed by atoms with Gasteiger partial charge in [0.15, 0.2) is 0 Å². The van der Waals surface area contributed by atoms with E-state index in [1.807, 2.05) is 0 Å². The van der Waals surface area contributed by atoms with Crippen molar-refractivity contribution in [2.75, 3.05) is 5.43 Å². The molecule has 148 valence electrons. The number of rotatable bonds is 6. The van der Waals surface area contributed by atoms with Crippen LogP contribution in [0.15, 0.2) is 73.7 Å². The number of nitrogens with two attached hydrogens (primary N) is 2. The first-order chi connectivity index (χ1) is 13.0. The van der Waals surface area contributed by atoms with E-state index in [1.54, 1.807) is 0 Å². The summed E-state index contributed by atoms with van der Waals surface area (Å²) < 4.78 is 44.8. The summed E-state index contributed by atoms with van der Waals surface area (Å²) in [5.74, 6) is -0.746. The summed E-state index contributed by atoms with van der Waals surface area (Å²) in [6.07, 6.45) is 0. The van der Waals surface area contributed by atoms with Crippen LogP contribution < -0.4 is 15.7 Å². The minimum atomic E-state index is -3.82. The van der Waals surface area contributed by atoms with Gasteiger partial charge in [-0.25, -0.2) is 27.1 Å². The van der Waals surface area contributed by atoms with Gasteiger partial charge in [-0.2, -0.15) is 0 Å². The van der Waals surface area contributed by atoms with Gasteiger partial charge in [-0.3, -0.25) is 10.2 Å². The number of sulfonamides is 2. The third kappa shape index (κ3) is 6.02. The molecule has 0 saturated heterocycles. The number of nitrogens with one attached hydrogen (secondary N) is 1. The Labute approximate surface area is 161 Å². The number of hydrazone groups is 1. The topological polar surface area (TPSA) is 186 Å². The fourth-order valence-corrected chi connectivity index (χ4v) is 2.85. The highest BCUT2D eigenvalue weighted by atomic mass is 32.2. The molecule has 28 heavy (non-hydrogen) atoms. The van der Waals surface area contributed by atoms with E-state index in [9.17, 15) is 21.6 Å². The molecule has 0 aliphatic carbocycles. The van der Waals surface area contributed by atoms with Crippen molar-refractivity contribution in [2.24, 2.45) is 25.6 Å². The molecule has 0 amide bonds. The number of carbonyl (C=O) groups excluding carboxylic acids is 1. The molecule has 0 aliphatic rings. The number of ketones is 1. The first-order valence-electron chi connectivity index (χ1n) is 7.49. The average Bonchev–Trinajstić information content (AvgIpc) is 2.60. The molecule has 0 heterocycles. The van der Waals surface area contributed by atoms with Gasteiger partial charge < -0.3 is 0 Å². The summed E-state index contributed by atoms with van der Waals surface area (Å²) >= 11 is 0. The summed E-state index contributed by atoms with van der Waals surface area (Å²) in [4.78, 5) is 11.5. The standard InChI is InChI=1S/C15H16N6O5S2/c1-10(22)15(20-18-11-2-6-13(7-3-11)27(16,23)24)21-19-12-4-8-14(9-5-12)28(17,25)26/h2-9,18H,1H3,(H2,16,23,24)(H2,17,25,26)/b20-15-,21-19?. The van der Waals surface area contributed by atoms with Crippen LogP contribution in [0.1, 0.15) is 6.92 Å². The van der Waals surface area contributed by atoms with Gasteiger partial charge in [-0.1, -0.05) is 0 Å². The second kappa shape index (κ2) is 8.35. The van der Waals surface area contributed by atoms with Crippen LogP contribution in [0.4, 0.5) is 11.4 Å². The van der Waals surface area contributed by atoms with Crippen LogP contribution in [0, 0.1) is 0 Å². The van der Waals surface area contributed by atoms with E-state index >= 15 is 0 Å². The number of anilines is 1. The largest absolute Gasteiger partial charge is 0.291 e. The number of carbonyl (C=O) groups is 1. The van der Waals surface area contributed by atoms with E-state index in [2.05, 4.69) is 20.8 Å². The second-order valence-electron chi connectivity index (χ2n) is 5.41. The smallest absolute Gasteiger partial charge is 0.238 e. The molecule has 13 heteroatoms. The molecule has 0 unspecified atom stereocenters. The third-order valence-corrected chi connectivity index (χ3v) is 5.07. The molecule has 0 saturated carbocycles. The van der Waals surface area contributed by atoms with E-state index < -0.39 is 25.8 Å². The molecule has 2 aromatic rings. The molecule has 0 aromatic heterocycles. The molecule has 0 bridgehead atoms. The molecular weight excluding hydrogens is 408 g/mol. The van der Waals surface area contributed by atoms with Gasteiger partial charge in [-0.15, -0.1) is 15.3 Å². The number of nitrogens with zero attached hydrogens (tertiary/aromatic N) is 3. The summed E-state index contributed by atoms with van der Waals surface area (Å²) in [5, 5.41) is 21.4. The molecule has 0 fully saturated rings. The predicted octanol–water partition coefficient (Wildman–Crippen LogP) is 1.08. The van der Waals surface area contributed by atoms with E-state index in [1.165, 1.54) is 55.5 Å². The Hall–Kier alpha value is -3.00. The lowest BCUT2D eigenvalue weighted by Crippen LogP contribution is -2.12. The Kier molecular flexibility index (Phi) is 6.35. The van der Waals surface area contributed by atoms with E-state index in [-0.39, 0.29) is 21.3 Å². The minimum Gasteiger partial charge on any atom is -0.291 e. The van der Waals surface area contributed by atoms with Crippen LogP contribution in [-0.4, -0.2) is 28.5 Å². The summed E-state index contributed by atoms with van der Waals surface area (Å²) in [7, 11) is -7.63. The lowest BCUT2D eigenvalue weighted by Gasteiger charge is -2.03. The number of primary sulfonamides is 2. The predicted molar refractivity (Wildman–Crippen MR) is 102 cm³/mol. The van der Waals surface area contributed by atoms with E-state index in [0.29, 0.717) is 5.69 Å². The van der Waals surface area contributed by atoms with Crippen molar-refractivity contribution in [1.29, 1.82) is 0 Å². The number of benzene rings is 2. The number of amidine groups is 1. The van der Waals surface area contributed by atoms with Crippen LogP contribution in [0.3, 0.4) is 0 Å². The highest BCUT2D eigenvalue weighted by molar-refractivity contribution is 7.89. The van der Waals surface area contributed by atoms with Crippen LogP contribution >= 0.6 is 0 Å². The fraction of sp³-hybridized carbons (Fsp3) is 0.0667. The van der Waals surface area contributed by atoms with Crippen molar-refractivity contribution in [3.63, 3.8) is 0 Å². The van der Waals surface area contributed by atoms with Crippen LogP contribution in [0.25, 0.3) is 0 Å². The summed E-state index contributed by atoms with van der Waals surface area (Å²) in [6.45, 7) is 1.23. The molecule has 0 spiro atoms. The summed E-state index contributed by atoms with van der Waals surface area (Å²) in [5.41, 5.74) is 3.22. The molecular formula is C15H16N6O5S2. The molecule has 2 aromatic carbocycles. The van der Waals surface area contributed by atoms with Crippen molar-refractivity contribution in [2.45, 2.75) is 16.7 Å². The molecule has 5 N–H and O–H groups in total. The van der Waals surface area contributed by atoms with Gasteiger partial charge in [0, 0.05) is 6.92 Å². The quantitative estimate of drug-likeness (QED) is 0.269. The lowest BCUT2D eigenvalue weighted by molar-refractivity contribution is -0.111. The third-order valence-electron chi connectivity index (χ3n) is 3.21. The Balaban J connectivity index is 2.16. The van der Waals surface area contributed by atoms with E-state index in [0.717, 1.165) is 0 Å². The van der Waals surface area contributed by atoms with Crippen molar-refractivity contribution in [3.8, 4) is 0 Å². The van der Waals surface area contributed by atoms with Crippen LogP contribution in [0.2, 0.25) is 0 Å². The van der Waals surface area contributed by atoms with Gasteiger partial charge >= 0.3 is 0 Å². The van der Waals surface area contributed by atoms with Crippen molar-refractivity contribution in [1.82, 2.24) is 0 Å². The SMILES string of the molecule is CC(=O)/C(N=Nc1ccc(S(N)(=O)=O)cc1)=N/Nc1ccc(S(N)(=O)=O)cc1. The molecule has 0 aliphatic heterocycles. The van der Waals surface area contributed by atoms with Crippen LogP contribution in [0.5, 0.6) is 0 Å². The number of Topliss-reactive ketones (excluding diaryl/α,β-unsaturated/α-hetero) is 1. The van der Waals surface area contributed by atoms with Crippen molar-refractivity contribution >= 4 is 43.0 Å². The average molecular weight is 424 g/mol. The Bertz CT molecular complexity index is 1140. The second-order valence-corrected chi connectivity index (χ2v) is 8.53. The van der Waals surface area contributed by atoms with Gasteiger partial charge in [-0.05, 0) is 48.5 Å². The maximum Gasteiger partial charge on any atom is 0.238 e. The number of hydrogen-bond donors (Lipinski definition) is 3.